The van der Waals surface area contributed by atoms with E-state index >= 15 is 0 Å². The number of nitrogens with zero attached hydrogens (tertiary/aromatic N) is 1. The van der Waals surface area contributed by atoms with E-state index in [0.717, 1.165) is 37.4 Å². The van der Waals surface area contributed by atoms with Gasteiger partial charge in [-0.15, -0.1) is 5.92 Å². The third-order valence-electron chi connectivity index (χ3n) is 2.82. The summed E-state index contributed by atoms with van der Waals surface area (Å²) in [5.74, 6) is 5.45. The van der Waals surface area contributed by atoms with Crippen molar-refractivity contribution in [3.05, 3.63) is 35.1 Å². The van der Waals surface area contributed by atoms with Crippen LogP contribution in [0.1, 0.15) is 18.1 Å². The molecule has 90 valence electrons. The van der Waals surface area contributed by atoms with Crippen LogP contribution in [0, 0.1) is 17.7 Å². The first kappa shape index (κ1) is 12.1. The fourth-order valence-electron chi connectivity index (χ4n) is 1.90. The lowest BCUT2D eigenvalue weighted by molar-refractivity contribution is 0.0337. The van der Waals surface area contributed by atoms with Crippen LogP contribution in [0.4, 0.5) is 4.39 Å². The van der Waals surface area contributed by atoms with Crippen LogP contribution < -0.4 is 0 Å². The summed E-state index contributed by atoms with van der Waals surface area (Å²) in [6.45, 7) is 5.61. The first-order valence-corrected chi connectivity index (χ1v) is 5.81. The van der Waals surface area contributed by atoms with Crippen LogP contribution in [-0.4, -0.2) is 31.2 Å². The minimum absolute atomic E-state index is 0.170. The van der Waals surface area contributed by atoms with E-state index in [1.807, 2.05) is 12.1 Å². The maximum absolute atomic E-state index is 13.8. The Morgan fingerprint density at radius 3 is 2.76 bits per heavy atom. The van der Waals surface area contributed by atoms with Crippen molar-refractivity contribution >= 4 is 0 Å². The van der Waals surface area contributed by atoms with E-state index in [1.54, 1.807) is 6.92 Å². The van der Waals surface area contributed by atoms with Crippen LogP contribution >= 0.6 is 0 Å². The molecule has 0 aromatic heterocycles. The number of ether oxygens (including phenoxy) is 1. The average molecular weight is 233 g/mol. The topological polar surface area (TPSA) is 12.5 Å². The predicted molar refractivity (Wildman–Crippen MR) is 65.0 cm³/mol. The number of morpholine rings is 1. The highest BCUT2D eigenvalue weighted by molar-refractivity contribution is 5.36. The monoisotopic (exact) mass is 233 g/mol. The second kappa shape index (κ2) is 5.81. The third kappa shape index (κ3) is 3.29. The molecule has 0 unspecified atom stereocenters. The largest absolute Gasteiger partial charge is 0.379 e. The van der Waals surface area contributed by atoms with Gasteiger partial charge in [0.2, 0.25) is 0 Å². The second-order valence-electron chi connectivity index (χ2n) is 4.07. The molecule has 1 aromatic carbocycles. The highest BCUT2D eigenvalue weighted by Gasteiger charge is 2.12. The Morgan fingerprint density at radius 1 is 1.35 bits per heavy atom. The molecule has 0 atom stereocenters. The van der Waals surface area contributed by atoms with E-state index in [2.05, 4.69) is 16.7 Å². The zero-order valence-corrected chi connectivity index (χ0v) is 10.0. The molecule has 0 N–H and O–H groups in total. The van der Waals surface area contributed by atoms with E-state index < -0.39 is 0 Å². The lowest BCUT2D eigenvalue weighted by atomic mass is 10.1. The minimum atomic E-state index is -0.170. The number of halogens is 1. The van der Waals surface area contributed by atoms with Crippen molar-refractivity contribution in [2.24, 2.45) is 0 Å². The summed E-state index contributed by atoms with van der Waals surface area (Å²) in [7, 11) is 0. The number of rotatable bonds is 2. The molecule has 2 rings (SSSR count). The maximum atomic E-state index is 13.8. The van der Waals surface area contributed by atoms with Crippen molar-refractivity contribution in [3.63, 3.8) is 0 Å². The number of benzene rings is 1. The molecular weight excluding hydrogens is 217 g/mol. The predicted octanol–water partition coefficient (Wildman–Crippen LogP) is 2.03. The summed E-state index contributed by atoms with van der Waals surface area (Å²) in [5, 5.41) is 0. The molecule has 17 heavy (non-hydrogen) atoms. The Bertz CT molecular complexity index is 441. The molecule has 0 aliphatic carbocycles. The third-order valence-corrected chi connectivity index (χ3v) is 2.82. The Hall–Kier alpha value is -1.37. The maximum Gasteiger partial charge on any atom is 0.128 e. The summed E-state index contributed by atoms with van der Waals surface area (Å²) >= 11 is 0. The van der Waals surface area contributed by atoms with Crippen LogP contribution in [0.5, 0.6) is 0 Å². The normalized spacial score (nSPS) is 16.4. The van der Waals surface area contributed by atoms with Crippen LogP contribution in [-0.2, 0) is 11.3 Å². The Labute approximate surface area is 101 Å². The molecule has 0 bridgehead atoms. The van der Waals surface area contributed by atoms with Gasteiger partial charge in [0.25, 0.3) is 0 Å². The average Bonchev–Trinajstić information content (AvgIpc) is 2.34. The van der Waals surface area contributed by atoms with Gasteiger partial charge in [0.05, 0.1) is 13.2 Å². The first-order chi connectivity index (χ1) is 8.29. The standard InChI is InChI=1S/C14H16FNO/c1-2-3-12-4-5-13(14(15)10-12)11-16-6-8-17-9-7-16/h4-5,10H,6-9,11H2,1H3. The van der Waals surface area contributed by atoms with Crippen molar-refractivity contribution in [3.8, 4) is 11.8 Å². The SMILES string of the molecule is CC#Cc1ccc(CN2CCOCC2)c(F)c1. The second-order valence-corrected chi connectivity index (χ2v) is 4.07. The van der Waals surface area contributed by atoms with Gasteiger partial charge >= 0.3 is 0 Å². The van der Waals surface area contributed by atoms with Crippen LogP contribution in [0.25, 0.3) is 0 Å². The summed E-state index contributed by atoms with van der Waals surface area (Å²) in [5.41, 5.74) is 1.46. The van der Waals surface area contributed by atoms with Crippen LogP contribution in [0.2, 0.25) is 0 Å². The molecule has 0 radical (unpaired) electrons. The van der Waals surface area contributed by atoms with Gasteiger partial charge in [0.15, 0.2) is 0 Å². The lowest BCUT2D eigenvalue weighted by Crippen LogP contribution is -2.35. The molecule has 0 amide bonds. The Balaban J connectivity index is 2.07. The van der Waals surface area contributed by atoms with E-state index in [0.29, 0.717) is 6.54 Å². The highest BCUT2D eigenvalue weighted by atomic mass is 19.1. The molecule has 0 spiro atoms. The zero-order chi connectivity index (χ0) is 12.1. The molecule has 0 saturated carbocycles. The highest BCUT2D eigenvalue weighted by Crippen LogP contribution is 2.13. The first-order valence-electron chi connectivity index (χ1n) is 5.81. The molecule has 1 aromatic rings. The van der Waals surface area contributed by atoms with Crippen LogP contribution in [0.15, 0.2) is 18.2 Å². The van der Waals surface area contributed by atoms with Gasteiger partial charge in [-0.3, -0.25) is 4.90 Å². The number of hydrogen-bond donors (Lipinski definition) is 0. The zero-order valence-electron chi connectivity index (χ0n) is 10.0. The molecular formula is C14H16FNO. The van der Waals surface area contributed by atoms with E-state index in [9.17, 15) is 4.39 Å². The fourth-order valence-corrected chi connectivity index (χ4v) is 1.90. The number of hydrogen-bond acceptors (Lipinski definition) is 2. The molecule has 3 heteroatoms. The van der Waals surface area contributed by atoms with Gasteiger partial charge in [-0.05, 0) is 19.1 Å². The van der Waals surface area contributed by atoms with Gasteiger partial charge in [-0.1, -0.05) is 12.0 Å². The van der Waals surface area contributed by atoms with Gasteiger partial charge in [-0.2, -0.15) is 0 Å². The van der Waals surface area contributed by atoms with E-state index in [1.165, 1.54) is 6.07 Å². The molecule has 1 aliphatic rings. The van der Waals surface area contributed by atoms with Crippen LogP contribution in [0.3, 0.4) is 0 Å². The van der Waals surface area contributed by atoms with Gasteiger partial charge in [0, 0.05) is 30.8 Å². The van der Waals surface area contributed by atoms with Gasteiger partial charge in [-0.25, -0.2) is 4.39 Å². The molecule has 1 heterocycles. The molecule has 2 nitrogen and oxygen atoms in total. The lowest BCUT2D eigenvalue weighted by Gasteiger charge is -2.26. The fraction of sp³-hybridized carbons (Fsp3) is 0.429. The summed E-state index contributed by atoms with van der Waals surface area (Å²) in [6, 6.07) is 5.20. The summed E-state index contributed by atoms with van der Waals surface area (Å²) < 4.78 is 19.1. The quantitative estimate of drug-likeness (QED) is 0.725. The van der Waals surface area contributed by atoms with E-state index in [4.69, 9.17) is 4.74 Å². The minimum Gasteiger partial charge on any atom is -0.379 e. The van der Waals surface area contributed by atoms with Crippen molar-refractivity contribution < 1.29 is 9.13 Å². The molecule has 1 saturated heterocycles. The Morgan fingerprint density at radius 2 is 2.12 bits per heavy atom. The molecule has 1 aliphatic heterocycles. The van der Waals surface area contributed by atoms with Crippen molar-refractivity contribution in [1.29, 1.82) is 0 Å². The van der Waals surface area contributed by atoms with Crippen molar-refractivity contribution in [1.82, 2.24) is 4.90 Å². The van der Waals surface area contributed by atoms with Gasteiger partial charge in [0.1, 0.15) is 5.82 Å². The van der Waals surface area contributed by atoms with Gasteiger partial charge < -0.3 is 4.74 Å². The summed E-state index contributed by atoms with van der Waals surface area (Å²) in [6.07, 6.45) is 0. The van der Waals surface area contributed by atoms with Crippen molar-refractivity contribution in [2.45, 2.75) is 13.5 Å². The summed E-state index contributed by atoms with van der Waals surface area (Å²) in [4.78, 5) is 2.20. The molecule has 1 fully saturated rings. The Kier molecular flexibility index (Phi) is 4.13. The van der Waals surface area contributed by atoms with E-state index in [-0.39, 0.29) is 5.82 Å². The smallest absolute Gasteiger partial charge is 0.128 e. The van der Waals surface area contributed by atoms with Crippen molar-refractivity contribution in [2.75, 3.05) is 26.3 Å².